The van der Waals surface area contributed by atoms with E-state index in [1.165, 1.54) is 0 Å². The standard InChI is InChI=1S/C12H23N3O2/c1-10(9-15-8-4-6-12(15)17)14-11(16)5-2-3-7-13/h10H,2-9,13H2,1H3,(H,14,16). The van der Waals surface area contributed by atoms with E-state index in [1.807, 2.05) is 11.8 Å². The summed E-state index contributed by atoms with van der Waals surface area (Å²) in [4.78, 5) is 24.8. The lowest BCUT2D eigenvalue weighted by molar-refractivity contribution is -0.129. The fourth-order valence-corrected chi connectivity index (χ4v) is 2.05. The van der Waals surface area contributed by atoms with Crippen LogP contribution in [0, 0.1) is 0 Å². The summed E-state index contributed by atoms with van der Waals surface area (Å²) < 4.78 is 0. The van der Waals surface area contributed by atoms with E-state index in [2.05, 4.69) is 5.32 Å². The molecule has 0 aromatic heterocycles. The summed E-state index contributed by atoms with van der Waals surface area (Å²) in [5.74, 6) is 0.256. The molecular formula is C12H23N3O2. The van der Waals surface area contributed by atoms with Crippen molar-refractivity contribution in [3.8, 4) is 0 Å². The maximum atomic E-state index is 11.5. The first-order chi connectivity index (χ1) is 8.13. The summed E-state index contributed by atoms with van der Waals surface area (Å²) in [6, 6.07) is 0.0300. The van der Waals surface area contributed by atoms with Crippen LogP contribution in [-0.2, 0) is 9.59 Å². The van der Waals surface area contributed by atoms with Gasteiger partial charge in [-0.2, -0.15) is 0 Å². The summed E-state index contributed by atoms with van der Waals surface area (Å²) in [6.07, 6.45) is 3.83. The Bertz CT molecular complexity index is 268. The van der Waals surface area contributed by atoms with Gasteiger partial charge in [-0.3, -0.25) is 9.59 Å². The van der Waals surface area contributed by atoms with Gasteiger partial charge in [-0.1, -0.05) is 0 Å². The molecule has 1 unspecified atom stereocenters. The van der Waals surface area contributed by atoms with Crippen LogP contribution >= 0.6 is 0 Å². The van der Waals surface area contributed by atoms with Crippen LogP contribution in [0.25, 0.3) is 0 Å². The number of carbonyl (C=O) groups is 2. The summed E-state index contributed by atoms with van der Waals surface area (Å²) in [5.41, 5.74) is 5.36. The number of rotatable bonds is 7. The molecule has 1 atom stereocenters. The SMILES string of the molecule is CC(CN1CCCC1=O)NC(=O)CCCCN. The van der Waals surface area contributed by atoms with Crippen molar-refractivity contribution < 1.29 is 9.59 Å². The molecule has 0 aromatic carbocycles. The predicted molar refractivity (Wildman–Crippen MR) is 66.3 cm³/mol. The maximum Gasteiger partial charge on any atom is 0.222 e. The number of hydrogen-bond donors (Lipinski definition) is 2. The third-order valence-electron chi connectivity index (χ3n) is 2.93. The zero-order chi connectivity index (χ0) is 12.7. The summed E-state index contributed by atoms with van der Waals surface area (Å²) in [7, 11) is 0. The van der Waals surface area contributed by atoms with Gasteiger partial charge in [-0.05, 0) is 32.7 Å². The van der Waals surface area contributed by atoms with E-state index in [-0.39, 0.29) is 17.9 Å². The molecule has 1 rings (SSSR count). The van der Waals surface area contributed by atoms with E-state index in [4.69, 9.17) is 5.73 Å². The van der Waals surface area contributed by atoms with Crippen LogP contribution in [0.15, 0.2) is 0 Å². The Labute approximate surface area is 103 Å². The van der Waals surface area contributed by atoms with Crippen LogP contribution in [0.5, 0.6) is 0 Å². The zero-order valence-electron chi connectivity index (χ0n) is 10.6. The van der Waals surface area contributed by atoms with Crippen molar-refractivity contribution >= 4 is 11.8 Å². The second kappa shape index (κ2) is 7.27. The lowest BCUT2D eigenvalue weighted by Gasteiger charge is -2.21. The fourth-order valence-electron chi connectivity index (χ4n) is 2.05. The minimum atomic E-state index is 0.0300. The average Bonchev–Trinajstić information content (AvgIpc) is 2.64. The molecule has 2 amide bonds. The molecule has 98 valence electrons. The highest BCUT2D eigenvalue weighted by molar-refractivity contribution is 5.78. The van der Waals surface area contributed by atoms with Crippen molar-refractivity contribution in [1.82, 2.24) is 10.2 Å². The first kappa shape index (κ1) is 14.0. The molecule has 5 heteroatoms. The molecule has 0 aliphatic carbocycles. The minimum absolute atomic E-state index is 0.0300. The first-order valence-corrected chi connectivity index (χ1v) is 6.40. The number of nitrogens with one attached hydrogen (secondary N) is 1. The third kappa shape index (κ3) is 5.17. The van der Waals surface area contributed by atoms with E-state index in [9.17, 15) is 9.59 Å². The number of amides is 2. The molecule has 1 aliphatic rings. The van der Waals surface area contributed by atoms with Gasteiger partial charge in [-0.15, -0.1) is 0 Å². The van der Waals surface area contributed by atoms with Crippen molar-refractivity contribution in [2.75, 3.05) is 19.6 Å². The number of likely N-dealkylation sites (tertiary alicyclic amines) is 1. The molecule has 1 aliphatic heterocycles. The van der Waals surface area contributed by atoms with Crippen LogP contribution in [0.2, 0.25) is 0 Å². The maximum absolute atomic E-state index is 11.5. The zero-order valence-corrected chi connectivity index (χ0v) is 10.6. The van der Waals surface area contributed by atoms with E-state index in [1.54, 1.807) is 0 Å². The molecule has 0 bridgehead atoms. The van der Waals surface area contributed by atoms with Gasteiger partial charge in [0, 0.05) is 32.0 Å². The Morgan fingerprint density at radius 2 is 2.29 bits per heavy atom. The van der Waals surface area contributed by atoms with E-state index in [0.29, 0.717) is 25.9 Å². The molecule has 1 heterocycles. The van der Waals surface area contributed by atoms with Crippen LogP contribution in [0.4, 0.5) is 0 Å². The predicted octanol–water partition coefficient (Wildman–Crippen LogP) is 0.243. The average molecular weight is 241 g/mol. The summed E-state index contributed by atoms with van der Waals surface area (Å²) >= 11 is 0. The normalized spacial score (nSPS) is 17.3. The van der Waals surface area contributed by atoms with Crippen LogP contribution < -0.4 is 11.1 Å². The van der Waals surface area contributed by atoms with E-state index >= 15 is 0 Å². The first-order valence-electron chi connectivity index (χ1n) is 6.40. The summed E-state index contributed by atoms with van der Waals surface area (Å²) in [6.45, 7) is 4.02. The number of unbranched alkanes of at least 4 members (excludes halogenated alkanes) is 1. The van der Waals surface area contributed by atoms with Gasteiger partial charge in [-0.25, -0.2) is 0 Å². The monoisotopic (exact) mass is 241 g/mol. The molecule has 1 fully saturated rings. The molecule has 3 N–H and O–H groups in total. The van der Waals surface area contributed by atoms with Gasteiger partial charge in [0.15, 0.2) is 0 Å². The van der Waals surface area contributed by atoms with Gasteiger partial charge in [0.25, 0.3) is 0 Å². The topological polar surface area (TPSA) is 75.4 Å². The largest absolute Gasteiger partial charge is 0.352 e. The molecular weight excluding hydrogens is 218 g/mol. The Hall–Kier alpha value is -1.10. The van der Waals surface area contributed by atoms with Crippen LogP contribution in [0.1, 0.15) is 39.0 Å². The van der Waals surface area contributed by atoms with Gasteiger partial charge in [0.05, 0.1) is 0 Å². The molecule has 17 heavy (non-hydrogen) atoms. The third-order valence-corrected chi connectivity index (χ3v) is 2.93. The highest BCUT2D eigenvalue weighted by Gasteiger charge is 2.22. The fraction of sp³-hybridized carbons (Fsp3) is 0.833. The van der Waals surface area contributed by atoms with Gasteiger partial charge in [0.1, 0.15) is 0 Å². The van der Waals surface area contributed by atoms with Crippen molar-refractivity contribution in [2.45, 2.75) is 45.1 Å². The van der Waals surface area contributed by atoms with Gasteiger partial charge in [0.2, 0.25) is 11.8 Å². The quantitative estimate of drug-likeness (QED) is 0.627. The minimum Gasteiger partial charge on any atom is -0.352 e. The lowest BCUT2D eigenvalue weighted by Crippen LogP contribution is -2.42. The Balaban J connectivity index is 2.17. The molecule has 0 radical (unpaired) electrons. The number of carbonyl (C=O) groups excluding carboxylic acids is 2. The Morgan fingerprint density at radius 1 is 1.53 bits per heavy atom. The Morgan fingerprint density at radius 3 is 2.88 bits per heavy atom. The van der Waals surface area contributed by atoms with Gasteiger partial charge < -0.3 is 16.0 Å². The number of nitrogens with two attached hydrogens (primary N) is 1. The lowest BCUT2D eigenvalue weighted by atomic mass is 10.2. The highest BCUT2D eigenvalue weighted by atomic mass is 16.2. The van der Waals surface area contributed by atoms with Crippen LogP contribution in [-0.4, -0.2) is 42.4 Å². The summed E-state index contributed by atoms with van der Waals surface area (Å²) in [5, 5.41) is 2.91. The van der Waals surface area contributed by atoms with Crippen LogP contribution in [0.3, 0.4) is 0 Å². The van der Waals surface area contributed by atoms with Gasteiger partial charge >= 0.3 is 0 Å². The van der Waals surface area contributed by atoms with Crippen molar-refractivity contribution in [3.05, 3.63) is 0 Å². The number of hydrogen-bond acceptors (Lipinski definition) is 3. The molecule has 0 saturated carbocycles. The Kier molecular flexibility index (Phi) is 5.97. The molecule has 0 spiro atoms. The highest BCUT2D eigenvalue weighted by Crippen LogP contribution is 2.09. The molecule has 1 saturated heterocycles. The molecule has 5 nitrogen and oxygen atoms in total. The number of nitrogens with zero attached hydrogens (tertiary/aromatic N) is 1. The molecule has 0 aromatic rings. The second-order valence-electron chi connectivity index (χ2n) is 4.66. The van der Waals surface area contributed by atoms with Crippen molar-refractivity contribution in [1.29, 1.82) is 0 Å². The van der Waals surface area contributed by atoms with Crippen molar-refractivity contribution in [3.63, 3.8) is 0 Å². The second-order valence-corrected chi connectivity index (χ2v) is 4.66. The van der Waals surface area contributed by atoms with Crippen molar-refractivity contribution in [2.24, 2.45) is 5.73 Å². The van der Waals surface area contributed by atoms with E-state index in [0.717, 1.165) is 25.8 Å². The smallest absolute Gasteiger partial charge is 0.222 e. The van der Waals surface area contributed by atoms with E-state index < -0.39 is 0 Å².